The maximum Gasteiger partial charge on any atom is 0.243 e. The SMILES string of the molecule is COc1cccc(-c2nc3ccc(F)cc3n2CC(=O)N(C2CCCCC2)C2CCCCC2)c1OC. The number of hydrogen-bond acceptors (Lipinski definition) is 4. The number of methoxy groups -OCH3 is 2. The molecule has 1 aromatic heterocycles. The molecule has 0 aliphatic heterocycles. The van der Waals surface area contributed by atoms with Gasteiger partial charge in [0.1, 0.15) is 18.2 Å². The number of fused-ring (bicyclic) bond motifs is 1. The van der Waals surface area contributed by atoms with Crippen LogP contribution in [0.4, 0.5) is 4.39 Å². The number of para-hydroxylation sites is 1. The molecule has 6 nitrogen and oxygen atoms in total. The Kier molecular flexibility index (Phi) is 7.44. The fourth-order valence-corrected chi connectivity index (χ4v) is 6.17. The smallest absolute Gasteiger partial charge is 0.243 e. The first-order valence-electron chi connectivity index (χ1n) is 13.3. The maximum absolute atomic E-state index is 14.4. The van der Waals surface area contributed by atoms with Crippen LogP contribution in [0.5, 0.6) is 11.5 Å². The van der Waals surface area contributed by atoms with Crippen molar-refractivity contribution in [1.29, 1.82) is 0 Å². The van der Waals surface area contributed by atoms with Crippen LogP contribution in [0.1, 0.15) is 64.2 Å². The molecule has 0 unspecified atom stereocenters. The van der Waals surface area contributed by atoms with Crippen molar-refractivity contribution in [1.82, 2.24) is 14.5 Å². The average Bonchev–Trinajstić information content (AvgIpc) is 3.26. The van der Waals surface area contributed by atoms with E-state index in [2.05, 4.69) is 4.90 Å². The van der Waals surface area contributed by atoms with Gasteiger partial charge in [-0.2, -0.15) is 0 Å². The first-order chi connectivity index (χ1) is 17.6. The summed E-state index contributed by atoms with van der Waals surface area (Å²) in [4.78, 5) is 21.2. The van der Waals surface area contributed by atoms with Crippen molar-refractivity contribution in [2.24, 2.45) is 0 Å². The van der Waals surface area contributed by atoms with Crippen LogP contribution in [0.15, 0.2) is 36.4 Å². The van der Waals surface area contributed by atoms with E-state index in [0.717, 1.165) is 25.7 Å². The highest BCUT2D eigenvalue weighted by molar-refractivity contribution is 5.86. The standard InChI is InChI=1S/C29H36FN3O3/c1-35-26-15-9-14-23(28(26)36-2)29-31-24-17-16-20(30)18-25(24)32(29)19-27(34)33(21-10-5-3-6-11-21)22-12-7-4-8-13-22/h9,14-18,21-22H,3-8,10-13,19H2,1-2H3. The van der Waals surface area contributed by atoms with E-state index in [-0.39, 0.29) is 30.4 Å². The maximum atomic E-state index is 14.4. The van der Waals surface area contributed by atoms with Crippen molar-refractivity contribution in [3.63, 3.8) is 0 Å². The quantitative estimate of drug-likeness (QED) is 0.385. The van der Waals surface area contributed by atoms with E-state index >= 15 is 0 Å². The highest BCUT2D eigenvalue weighted by Crippen LogP contribution is 2.39. The van der Waals surface area contributed by atoms with Gasteiger partial charge in [-0.1, -0.05) is 44.6 Å². The molecule has 2 aliphatic rings. The topological polar surface area (TPSA) is 56.6 Å². The average molecular weight is 494 g/mol. The van der Waals surface area contributed by atoms with Crippen LogP contribution in [0.3, 0.4) is 0 Å². The second kappa shape index (κ2) is 10.9. The Morgan fingerprint density at radius 3 is 2.25 bits per heavy atom. The van der Waals surface area contributed by atoms with Gasteiger partial charge in [0.2, 0.25) is 5.91 Å². The molecule has 1 amide bonds. The summed E-state index contributed by atoms with van der Waals surface area (Å²) in [6, 6.07) is 10.7. The predicted octanol–water partition coefficient (Wildman–Crippen LogP) is 6.35. The molecule has 192 valence electrons. The number of nitrogens with zero attached hydrogens (tertiary/aromatic N) is 3. The number of hydrogen-bond donors (Lipinski definition) is 0. The zero-order chi connectivity index (χ0) is 25.1. The molecule has 7 heteroatoms. The fraction of sp³-hybridized carbons (Fsp3) is 0.517. The highest BCUT2D eigenvalue weighted by Gasteiger charge is 2.33. The van der Waals surface area contributed by atoms with Gasteiger partial charge in [0.15, 0.2) is 11.5 Å². The van der Waals surface area contributed by atoms with E-state index in [9.17, 15) is 9.18 Å². The second-order valence-corrected chi connectivity index (χ2v) is 10.1. The van der Waals surface area contributed by atoms with E-state index in [0.29, 0.717) is 33.9 Å². The first kappa shape index (κ1) is 24.6. The van der Waals surface area contributed by atoms with Gasteiger partial charge in [-0.05, 0) is 56.0 Å². The third-order valence-corrected chi connectivity index (χ3v) is 7.87. The first-order valence-corrected chi connectivity index (χ1v) is 13.3. The van der Waals surface area contributed by atoms with Gasteiger partial charge in [-0.15, -0.1) is 0 Å². The number of benzene rings is 2. The molecule has 5 rings (SSSR count). The van der Waals surface area contributed by atoms with Crippen LogP contribution >= 0.6 is 0 Å². The predicted molar refractivity (Wildman–Crippen MR) is 139 cm³/mol. The monoisotopic (exact) mass is 493 g/mol. The van der Waals surface area contributed by atoms with Gasteiger partial charge in [0, 0.05) is 12.1 Å². The summed E-state index contributed by atoms with van der Waals surface area (Å²) in [7, 11) is 3.18. The minimum Gasteiger partial charge on any atom is -0.493 e. The van der Waals surface area contributed by atoms with Crippen LogP contribution in [0, 0.1) is 5.82 Å². The number of aromatic nitrogens is 2. The Hall–Kier alpha value is -3.09. The summed E-state index contributed by atoms with van der Waals surface area (Å²) in [5, 5.41) is 0. The number of ether oxygens (including phenoxy) is 2. The van der Waals surface area contributed by atoms with Gasteiger partial charge in [0.05, 0.1) is 30.8 Å². The van der Waals surface area contributed by atoms with Gasteiger partial charge in [-0.3, -0.25) is 4.79 Å². The minimum absolute atomic E-state index is 0.0977. The Labute approximate surface area is 212 Å². The molecule has 0 saturated heterocycles. The normalized spacial score (nSPS) is 17.3. The lowest BCUT2D eigenvalue weighted by Gasteiger charge is -2.42. The summed E-state index contributed by atoms with van der Waals surface area (Å²) >= 11 is 0. The number of carbonyl (C=O) groups is 1. The number of rotatable bonds is 7. The summed E-state index contributed by atoms with van der Waals surface area (Å²) in [5.74, 6) is 1.45. The lowest BCUT2D eigenvalue weighted by atomic mass is 9.88. The molecule has 0 spiro atoms. The molecule has 1 heterocycles. The number of amides is 1. The van der Waals surface area contributed by atoms with Crippen molar-refractivity contribution in [2.45, 2.75) is 82.8 Å². The zero-order valence-electron chi connectivity index (χ0n) is 21.3. The molecule has 3 aromatic rings. The Balaban J connectivity index is 1.58. The van der Waals surface area contributed by atoms with E-state index in [1.54, 1.807) is 20.3 Å². The summed E-state index contributed by atoms with van der Waals surface area (Å²) in [6.07, 6.45) is 11.5. The van der Waals surface area contributed by atoms with Gasteiger partial charge in [-0.25, -0.2) is 9.37 Å². The number of imidazole rings is 1. The molecule has 2 saturated carbocycles. The van der Waals surface area contributed by atoms with E-state index in [4.69, 9.17) is 14.5 Å². The molecule has 2 aliphatic carbocycles. The Morgan fingerprint density at radius 2 is 1.64 bits per heavy atom. The second-order valence-electron chi connectivity index (χ2n) is 10.1. The molecule has 0 atom stereocenters. The summed E-state index contributed by atoms with van der Waals surface area (Å²) in [5.41, 5.74) is 1.96. The van der Waals surface area contributed by atoms with Crippen molar-refractivity contribution in [3.8, 4) is 22.9 Å². The largest absolute Gasteiger partial charge is 0.493 e. The van der Waals surface area contributed by atoms with Crippen LogP contribution < -0.4 is 9.47 Å². The van der Waals surface area contributed by atoms with Crippen LogP contribution in [-0.2, 0) is 11.3 Å². The molecule has 2 fully saturated rings. The van der Waals surface area contributed by atoms with Crippen LogP contribution in [0.25, 0.3) is 22.4 Å². The van der Waals surface area contributed by atoms with Gasteiger partial charge >= 0.3 is 0 Å². The number of halogens is 1. The molecule has 0 bridgehead atoms. The van der Waals surface area contributed by atoms with Crippen molar-refractivity contribution in [2.75, 3.05) is 14.2 Å². The van der Waals surface area contributed by atoms with Crippen LogP contribution in [0.2, 0.25) is 0 Å². The van der Waals surface area contributed by atoms with Crippen LogP contribution in [-0.4, -0.2) is 46.7 Å². The lowest BCUT2D eigenvalue weighted by Crippen LogP contribution is -2.50. The summed E-state index contributed by atoms with van der Waals surface area (Å²) in [6.45, 7) is 0.114. The van der Waals surface area contributed by atoms with E-state index < -0.39 is 0 Å². The molecule has 2 aromatic carbocycles. The Bertz CT molecular complexity index is 1190. The van der Waals surface area contributed by atoms with Gasteiger partial charge in [0.25, 0.3) is 0 Å². The van der Waals surface area contributed by atoms with Crippen molar-refractivity contribution >= 4 is 16.9 Å². The summed E-state index contributed by atoms with van der Waals surface area (Å²) < 4.78 is 27.5. The molecular formula is C29H36FN3O3. The van der Waals surface area contributed by atoms with E-state index in [1.807, 2.05) is 22.8 Å². The van der Waals surface area contributed by atoms with Crippen molar-refractivity contribution in [3.05, 3.63) is 42.2 Å². The molecular weight excluding hydrogens is 457 g/mol. The molecule has 36 heavy (non-hydrogen) atoms. The van der Waals surface area contributed by atoms with Crippen molar-refractivity contribution < 1.29 is 18.7 Å². The third kappa shape index (κ3) is 4.80. The lowest BCUT2D eigenvalue weighted by molar-refractivity contribution is -0.138. The highest BCUT2D eigenvalue weighted by atomic mass is 19.1. The third-order valence-electron chi connectivity index (χ3n) is 7.87. The zero-order valence-corrected chi connectivity index (χ0v) is 21.3. The van der Waals surface area contributed by atoms with E-state index in [1.165, 1.54) is 50.7 Å². The molecule has 0 N–H and O–H groups in total. The minimum atomic E-state index is -0.350. The fourth-order valence-electron chi connectivity index (χ4n) is 6.17. The number of carbonyl (C=O) groups excluding carboxylic acids is 1. The Morgan fingerprint density at radius 1 is 0.972 bits per heavy atom. The molecule has 0 radical (unpaired) electrons. The van der Waals surface area contributed by atoms with Gasteiger partial charge < -0.3 is 18.9 Å².